The Balaban J connectivity index is 1.73. The third-order valence-electron chi connectivity index (χ3n) is 4.91. The number of amides is 1. The molecular weight excluding hydrogens is 398 g/mol. The predicted molar refractivity (Wildman–Crippen MR) is 120 cm³/mol. The van der Waals surface area contributed by atoms with E-state index in [1.807, 2.05) is 23.6 Å². The Morgan fingerprint density at radius 1 is 1.00 bits per heavy atom. The van der Waals surface area contributed by atoms with Crippen molar-refractivity contribution in [3.8, 4) is 17.2 Å². The van der Waals surface area contributed by atoms with Crippen molar-refractivity contribution in [3.05, 3.63) is 75.5 Å². The molecule has 158 valence electrons. The molecule has 0 fully saturated rings. The van der Waals surface area contributed by atoms with Crippen LogP contribution in [0.4, 0.5) is 0 Å². The van der Waals surface area contributed by atoms with Crippen molar-refractivity contribution >= 4 is 17.2 Å². The topological polar surface area (TPSA) is 56.8 Å². The molecule has 0 aliphatic carbocycles. The number of rotatable bonds is 9. The minimum absolute atomic E-state index is 0.0114. The van der Waals surface area contributed by atoms with Gasteiger partial charge in [-0.25, -0.2) is 0 Å². The Kier molecular flexibility index (Phi) is 7.36. The first kappa shape index (κ1) is 21.7. The summed E-state index contributed by atoms with van der Waals surface area (Å²) < 4.78 is 16.2. The van der Waals surface area contributed by atoms with Crippen molar-refractivity contribution in [3.63, 3.8) is 0 Å². The molecule has 0 saturated heterocycles. The van der Waals surface area contributed by atoms with Gasteiger partial charge in [0, 0.05) is 11.3 Å². The van der Waals surface area contributed by atoms with Crippen LogP contribution >= 0.6 is 11.3 Å². The van der Waals surface area contributed by atoms with Crippen molar-refractivity contribution < 1.29 is 19.0 Å². The fourth-order valence-electron chi connectivity index (χ4n) is 3.30. The van der Waals surface area contributed by atoms with Gasteiger partial charge in [-0.15, -0.1) is 11.3 Å². The van der Waals surface area contributed by atoms with E-state index in [4.69, 9.17) is 14.2 Å². The Hall–Kier alpha value is -2.99. The largest absolute Gasteiger partial charge is 0.493 e. The van der Waals surface area contributed by atoms with Crippen LogP contribution in [0.3, 0.4) is 0 Å². The van der Waals surface area contributed by atoms with Gasteiger partial charge in [-0.3, -0.25) is 4.79 Å². The van der Waals surface area contributed by atoms with Crippen LogP contribution in [0.2, 0.25) is 0 Å². The van der Waals surface area contributed by atoms with E-state index in [2.05, 4.69) is 42.6 Å². The quantitative estimate of drug-likeness (QED) is 0.529. The van der Waals surface area contributed by atoms with E-state index in [0.717, 1.165) is 16.0 Å². The Labute approximate surface area is 181 Å². The molecule has 1 heterocycles. The van der Waals surface area contributed by atoms with Crippen LogP contribution in [0, 0.1) is 6.92 Å². The summed E-state index contributed by atoms with van der Waals surface area (Å²) in [4.78, 5) is 13.9. The molecular formula is C24H27NO4S. The average molecular weight is 426 g/mol. The summed E-state index contributed by atoms with van der Waals surface area (Å²) in [6.07, 6.45) is 0.917. The SMILES string of the molecule is COc1cc(CCC(=O)N[C@@H](c2ccc(C)cc2)c2cccs2)cc(OC)c1OC. The molecule has 0 spiro atoms. The molecule has 6 heteroatoms. The number of benzene rings is 2. The van der Waals surface area contributed by atoms with Gasteiger partial charge in [-0.05, 0) is 48.1 Å². The Morgan fingerprint density at radius 2 is 1.67 bits per heavy atom. The fourth-order valence-corrected chi connectivity index (χ4v) is 4.11. The van der Waals surface area contributed by atoms with Crippen LogP contribution in [0.25, 0.3) is 0 Å². The zero-order valence-corrected chi connectivity index (χ0v) is 18.5. The van der Waals surface area contributed by atoms with Crippen molar-refractivity contribution in [2.75, 3.05) is 21.3 Å². The molecule has 0 bridgehead atoms. The maximum atomic E-state index is 12.8. The molecule has 1 atom stereocenters. The number of carbonyl (C=O) groups excluding carboxylic acids is 1. The number of aryl methyl sites for hydroxylation is 2. The maximum Gasteiger partial charge on any atom is 0.221 e. The zero-order valence-electron chi connectivity index (χ0n) is 17.7. The molecule has 0 saturated carbocycles. The van der Waals surface area contributed by atoms with Gasteiger partial charge in [0.25, 0.3) is 0 Å². The molecule has 1 N–H and O–H groups in total. The number of carbonyl (C=O) groups is 1. The monoisotopic (exact) mass is 425 g/mol. The molecule has 2 aromatic carbocycles. The highest BCUT2D eigenvalue weighted by molar-refractivity contribution is 7.10. The number of hydrogen-bond acceptors (Lipinski definition) is 5. The standard InChI is InChI=1S/C24H27NO4S/c1-16-7-10-18(11-8-16)23(21-6-5-13-30-21)25-22(26)12-9-17-14-19(27-2)24(29-4)20(15-17)28-3/h5-8,10-11,13-15,23H,9,12H2,1-4H3,(H,25,26)/t23-/m0/s1. The van der Waals surface area contributed by atoms with E-state index in [1.54, 1.807) is 32.7 Å². The highest BCUT2D eigenvalue weighted by Gasteiger charge is 2.19. The lowest BCUT2D eigenvalue weighted by Gasteiger charge is -2.19. The molecule has 1 amide bonds. The lowest BCUT2D eigenvalue weighted by Crippen LogP contribution is -2.29. The maximum absolute atomic E-state index is 12.8. The Bertz CT molecular complexity index is 942. The summed E-state index contributed by atoms with van der Waals surface area (Å²) in [6.45, 7) is 2.06. The van der Waals surface area contributed by atoms with Crippen molar-refractivity contribution in [2.24, 2.45) is 0 Å². The summed E-state index contributed by atoms with van der Waals surface area (Å²) in [7, 11) is 4.74. The lowest BCUT2D eigenvalue weighted by molar-refractivity contribution is -0.121. The third-order valence-corrected chi connectivity index (χ3v) is 5.85. The first-order valence-electron chi connectivity index (χ1n) is 9.74. The van der Waals surface area contributed by atoms with E-state index in [-0.39, 0.29) is 11.9 Å². The van der Waals surface area contributed by atoms with E-state index < -0.39 is 0 Å². The number of methoxy groups -OCH3 is 3. The van der Waals surface area contributed by atoms with Gasteiger partial charge in [-0.1, -0.05) is 35.9 Å². The van der Waals surface area contributed by atoms with Crippen LogP contribution in [0.15, 0.2) is 53.9 Å². The smallest absolute Gasteiger partial charge is 0.221 e. The summed E-state index contributed by atoms with van der Waals surface area (Å²) in [5, 5.41) is 5.22. The summed E-state index contributed by atoms with van der Waals surface area (Å²) in [5.74, 6) is 1.71. The van der Waals surface area contributed by atoms with Crippen LogP contribution in [0.1, 0.15) is 34.0 Å². The second kappa shape index (κ2) is 10.2. The van der Waals surface area contributed by atoms with E-state index in [1.165, 1.54) is 5.56 Å². The van der Waals surface area contributed by atoms with Gasteiger partial charge in [0.2, 0.25) is 11.7 Å². The highest BCUT2D eigenvalue weighted by atomic mass is 32.1. The summed E-state index contributed by atoms with van der Waals surface area (Å²) in [5.41, 5.74) is 3.21. The van der Waals surface area contributed by atoms with Gasteiger partial charge >= 0.3 is 0 Å². The van der Waals surface area contributed by atoms with Gasteiger partial charge in [0.05, 0.1) is 27.4 Å². The summed E-state index contributed by atoms with van der Waals surface area (Å²) in [6, 6.07) is 15.9. The van der Waals surface area contributed by atoms with Crippen LogP contribution in [0.5, 0.6) is 17.2 Å². The van der Waals surface area contributed by atoms with Crippen LogP contribution in [-0.4, -0.2) is 27.2 Å². The minimum Gasteiger partial charge on any atom is -0.493 e. The van der Waals surface area contributed by atoms with Gasteiger partial charge in [0.15, 0.2) is 11.5 Å². The molecule has 0 aliphatic rings. The molecule has 3 rings (SSSR count). The normalized spacial score (nSPS) is 11.6. The van der Waals surface area contributed by atoms with Crippen molar-refractivity contribution in [1.82, 2.24) is 5.32 Å². The van der Waals surface area contributed by atoms with Crippen molar-refractivity contribution in [1.29, 1.82) is 0 Å². The molecule has 0 unspecified atom stereocenters. The van der Waals surface area contributed by atoms with E-state index >= 15 is 0 Å². The molecule has 0 aliphatic heterocycles. The Morgan fingerprint density at radius 3 is 2.20 bits per heavy atom. The van der Waals surface area contributed by atoms with E-state index in [9.17, 15) is 4.79 Å². The van der Waals surface area contributed by atoms with Crippen LogP contribution < -0.4 is 19.5 Å². The van der Waals surface area contributed by atoms with E-state index in [0.29, 0.717) is 30.1 Å². The zero-order chi connectivity index (χ0) is 21.5. The molecule has 0 radical (unpaired) electrons. The lowest BCUT2D eigenvalue weighted by atomic mass is 10.0. The summed E-state index contributed by atoms with van der Waals surface area (Å²) >= 11 is 1.64. The number of hydrogen-bond donors (Lipinski definition) is 1. The number of nitrogens with one attached hydrogen (secondary N) is 1. The second-order valence-corrected chi connectivity index (χ2v) is 7.94. The van der Waals surface area contributed by atoms with Gasteiger partial charge < -0.3 is 19.5 Å². The third kappa shape index (κ3) is 5.13. The number of ether oxygens (including phenoxy) is 3. The minimum atomic E-state index is -0.155. The first-order valence-corrected chi connectivity index (χ1v) is 10.6. The van der Waals surface area contributed by atoms with Gasteiger partial charge in [-0.2, -0.15) is 0 Å². The van der Waals surface area contributed by atoms with Gasteiger partial charge in [0.1, 0.15) is 0 Å². The highest BCUT2D eigenvalue weighted by Crippen LogP contribution is 2.38. The number of thiophene rings is 1. The fraction of sp³-hybridized carbons (Fsp3) is 0.292. The molecule has 1 aromatic heterocycles. The molecule has 5 nitrogen and oxygen atoms in total. The molecule has 30 heavy (non-hydrogen) atoms. The predicted octanol–water partition coefficient (Wildman–Crippen LogP) is 4.92. The van der Waals surface area contributed by atoms with Crippen molar-refractivity contribution in [2.45, 2.75) is 25.8 Å². The van der Waals surface area contributed by atoms with Crippen LogP contribution in [-0.2, 0) is 11.2 Å². The average Bonchev–Trinajstić information content (AvgIpc) is 3.30. The molecule has 3 aromatic rings. The second-order valence-electron chi connectivity index (χ2n) is 6.96. The first-order chi connectivity index (χ1) is 14.5.